The molecular formula is C14H27N3O2S. The lowest BCUT2D eigenvalue weighted by atomic mass is 10.1. The molecule has 5 nitrogen and oxygen atoms in total. The minimum absolute atomic E-state index is 0.0863. The molecule has 0 unspecified atom stereocenters. The lowest BCUT2D eigenvalue weighted by Gasteiger charge is -2.43. The monoisotopic (exact) mass is 301 g/mol. The minimum Gasteiger partial charge on any atom is -0.297 e. The smallest absolute Gasteiger partial charge is 0.282 e. The van der Waals surface area contributed by atoms with E-state index in [1.807, 2.05) is 13.8 Å². The predicted octanol–water partition coefficient (Wildman–Crippen LogP) is 1.13. The highest BCUT2D eigenvalue weighted by molar-refractivity contribution is 7.86. The van der Waals surface area contributed by atoms with Gasteiger partial charge in [0, 0.05) is 38.3 Å². The molecule has 0 aromatic heterocycles. The normalized spacial score (nSPS) is 34.4. The van der Waals surface area contributed by atoms with Crippen LogP contribution in [0.15, 0.2) is 0 Å². The molecule has 2 saturated heterocycles. The molecule has 20 heavy (non-hydrogen) atoms. The third-order valence-electron chi connectivity index (χ3n) is 5.42. The van der Waals surface area contributed by atoms with Crippen molar-refractivity contribution in [2.45, 2.75) is 57.7 Å². The zero-order chi connectivity index (χ0) is 14.5. The average Bonchev–Trinajstić information content (AvgIpc) is 3.15. The molecule has 0 spiro atoms. The summed E-state index contributed by atoms with van der Waals surface area (Å²) >= 11 is 0. The summed E-state index contributed by atoms with van der Waals surface area (Å²) in [5.74, 6) is 0.567. The van der Waals surface area contributed by atoms with Crippen LogP contribution in [0.1, 0.15) is 39.5 Å². The Hall–Kier alpha value is -0.170. The maximum absolute atomic E-state index is 12.9. The summed E-state index contributed by atoms with van der Waals surface area (Å²) < 4.78 is 29.1. The lowest BCUT2D eigenvalue weighted by Crippen LogP contribution is -2.60. The van der Waals surface area contributed by atoms with Crippen molar-refractivity contribution in [1.82, 2.24) is 13.5 Å². The van der Waals surface area contributed by atoms with Gasteiger partial charge in [-0.2, -0.15) is 17.0 Å². The van der Waals surface area contributed by atoms with Crippen molar-refractivity contribution < 1.29 is 8.42 Å². The molecule has 6 heteroatoms. The molecule has 0 N–H and O–H groups in total. The van der Waals surface area contributed by atoms with Crippen LogP contribution in [-0.2, 0) is 10.2 Å². The summed E-state index contributed by atoms with van der Waals surface area (Å²) in [6.45, 7) is 6.78. The van der Waals surface area contributed by atoms with Crippen LogP contribution < -0.4 is 0 Å². The first-order chi connectivity index (χ1) is 9.41. The summed E-state index contributed by atoms with van der Waals surface area (Å²) in [6.07, 6.45) is 4.69. The van der Waals surface area contributed by atoms with Crippen LogP contribution in [0.4, 0.5) is 0 Å². The van der Waals surface area contributed by atoms with E-state index in [1.165, 1.54) is 19.3 Å². The Morgan fingerprint density at radius 1 is 1.20 bits per heavy atom. The fraction of sp³-hybridized carbons (Fsp3) is 1.00. The van der Waals surface area contributed by atoms with Gasteiger partial charge in [-0.3, -0.25) is 4.90 Å². The zero-order valence-corrected chi connectivity index (χ0v) is 13.6. The van der Waals surface area contributed by atoms with Crippen molar-refractivity contribution in [2.75, 3.05) is 26.7 Å². The summed E-state index contributed by atoms with van der Waals surface area (Å²) in [5, 5.41) is 0. The first-order valence-corrected chi connectivity index (χ1v) is 9.30. The Labute approximate surface area is 123 Å². The second kappa shape index (κ2) is 5.23. The first kappa shape index (κ1) is 14.8. The van der Waals surface area contributed by atoms with Gasteiger partial charge in [0.05, 0.1) is 0 Å². The van der Waals surface area contributed by atoms with Gasteiger partial charge < -0.3 is 0 Å². The quantitative estimate of drug-likeness (QED) is 0.782. The summed E-state index contributed by atoms with van der Waals surface area (Å²) in [7, 11) is -1.56. The average molecular weight is 301 g/mol. The van der Waals surface area contributed by atoms with Gasteiger partial charge >= 0.3 is 0 Å². The van der Waals surface area contributed by atoms with E-state index in [1.54, 1.807) is 15.7 Å². The van der Waals surface area contributed by atoms with Crippen molar-refractivity contribution in [2.24, 2.45) is 5.92 Å². The molecule has 3 atom stereocenters. The maximum Gasteiger partial charge on any atom is 0.282 e. The molecular weight excluding hydrogens is 274 g/mol. The minimum atomic E-state index is -3.31. The van der Waals surface area contributed by atoms with Crippen molar-refractivity contribution in [3.63, 3.8) is 0 Å². The second-order valence-electron chi connectivity index (χ2n) is 6.81. The second-order valence-corrected chi connectivity index (χ2v) is 8.75. The molecule has 3 fully saturated rings. The van der Waals surface area contributed by atoms with E-state index in [-0.39, 0.29) is 12.1 Å². The Kier molecular flexibility index (Phi) is 3.86. The van der Waals surface area contributed by atoms with Crippen LogP contribution >= 0.6 is 0 Å². The van der Waals surface area contributed by atoms with E-state index >= 15 is 0 Å². The number of rotatable bonds is 4. The van der Waals surface area contributed by atoms with Crippen LogP contribution in [0.2, 0.25) is 0 Å². The van der Waals surface area contributed by atoms with Gasteiger partial charge in [0.2, 0.25) is 0 Å². The Bertz CT molecular complexity index is 463. The summed E-state index contributed by atoms with van der Waals surface area (Å²) in [5.41, 5.74) is 0. The molecule has 2 heterocycles. The van der Waals surface area contributed by atoms with Crippen molar-refractivity contribution in [3.05, 3.63) is 0 Å². The Balaban J connectivity index is 1.75. The lowest BCUT2D eigenvalue weighted by molar-refractivity contribution is 0.110. The standard InChI is InChI=1S/C14H27N3O2S/c1-11-9-16-8-4-5-14(16)10-17(11)20(18,19)15(3)12(2)13-6-7-13/h11-14H,4-10H2,1-3H3/t11-,12+,14-/m0/s1. The van der Waals surface area contributed by atoms with Crippen LogP contribution in [0, 0.1) is 5.92 Å². The third-order valence-corrected chi connectivity index (χ3v) is 7.58. The summed E-state index contributed by atoms with van der Waals surface area (Å²) in [6, 6.07) is 0.655. The molecule has 1 saturated carbocycles. The SMILES string of the molecule is C[C@H](C1CC1)N(C)S(=O)(=O)N1C[C@@H]2CCCN2C[C@@H]1C. The van der Waals surface area contributed by atoms with E-state index in [2.05, 4.69) is 4.90 Å². The maximum atomic E-state index is 12.9. The van der Waals surface area contributed by atoms with Crippen LogP contribution in [-0.4, -0.2) is 66.7 Å². The molecule has 116 valence electrons. The highest BCUT2D eigenvalue weighted by Gasteiger charge is 2.44. The van der Waals surface area contributed by atoms with E-state index in [9.17, 15) is 8.42 Å². The predicted molar refractivity (Wildman–Crippen MR) is 79.6 cm³/mol. The van der Waals surface area contributed by atoms with Crippen LogP contribution in [0.5, 0.6) is 0 Å². The van der Waals surface area contributed by atoms with Crippen molar-refractivity contribution in [1.29, 1.82) is 0 Å². The molecule has 3 rings (SSSR count). The summed E-state index contributed by atoms with van der Waals surface area (Å²) in [4.78, 5) is 2.46. The highest BCUT2D eigenvalue weighted by Crippen LogP contribution is 2.36. The van der Waals surface area contributed by atoms with E-state index < -0.39 is 10.2 Å². The van der Waals surface area contributed by atoms with Gasteiger partial charge in [-0.1, -0.05) is 0 Å². The third kappa shape index (κ3) is 2.51. The van der Waals surface area contributed by atoms with Crippen molar-refractivity contribution in [3.8, 4) is 0 Å². The number of nitrogens with zero attached hydrogens (tertiary/aromatic N) is 3. The molecule has 3 aliphatic rings. The molecule has 1 aliphatic carbocycles. The van der Waals surface area contributed by atoms with E-state index in [0.717, 1.165) is 19.5 Å². The Morgan fingerprint density at radius 2 is 1.90 bits per heavy atom. The van der Waals surface area contributed by atoms with Gasteiger partial charge in [0.25, 0.3) is 10.2 Å². The van der Waals surface area contributed by atoms with Gasteiger partial charge in [0.15, 0.2) is 0 Å². The van der Waals surface area contributed by atoms with Gasteiger partial charge in [0.1, 0.15) is 0 Å². The largest absolute Gasteiger partial charge is 0.297 e. The highest BCUT2D eigenvalue weighted by atomic mass is 32.2. The van der Waals surface area contributed by atoms with E-state index in [0.29, 0.717) is 18.5 Å². The van der Waals surface area contributed by atoms with Gasteiger partial charge in [-0.15, -0.1) is 0 Å². The van der Waals surface area contributed by atoms with Gasteiger partial charge in [-0.05, 0) is 52.0 Å². The van der Waals surface area contributed by atoms with Crippen LogP contribution in [0.3, 0.4) is 0 Å². The number of hydrogen-bond acceptors (Lipinski definition) is 3. The van der Waals surface area contributed by atoms with Crippen molar-refractivity contribution >= 4 is 10.2 Å². The molecule has 0 bridgehead atoms. The topological polar surface area (TPSA) is 43.9 Å². The fourth-order valence-electron chi connectivity index (χ4n) is 3.73. The van der Waals surface area contributed by atoms with Crippen LogP contribution in [0.25, 0.3) is 0 Å². The molecule has 0 amide bonds. The Morgan fingerprint density at radius 3 is 2.55 bits per heavy atom. The zero-order valence-electron chi connectivity index (χ0n) is 12.8. The number of piperazine rings is 1. The molecule has 2 aliphatic heterocycles. The molecule has 0 aromatic rings. The van der Waals surface area contributed by atoms with E-state index in [4.69, 9.17) is 0 Å². The van der Waals surface area contributed by atoms with Gasteiger partial charge in [-0.25, -0.2) is 0 Å². The molecule has 0 radical (unpaired) electrons. The first-order valence-electron chi connectivity index (χ1n) is 7.90. The molecule has 0 aromatic carbocycles. The number of hydrogen-bond donors (Lipinski definition) is 0. The fourth-order valence-corrected chi connectivity index (χ4v) is 5.54. The number of fused-ring (bicyclic) bond motifs is 1.